The van der Waals surface area contributed by atoms with Gasteiger partial charge in [-0.05, 0) is 62.2 Å². The first kappa shape index (κ1) is 22.6. The second-order valence-electron chi connectivity index (χ2n) is 8.29. The molecule has 1 heterocycles. The van der Waals surface area contributed by atoms with Crippen molar-refractivity contribution in [3.63, 3.8) is 0 Å². The largest absolute Gasteiger partial charge is 0.547 e. The summed E-state index contributed by atoms with van der Waals surface area (Å²) in [5, 5.41) is 29.2. The summed E-state index contributed by atoms with van der Waals surface area (Å²) >= 11 is 0. The molecule has 1 aliphatic heterocycles. The molecular weight excluding hydrogens is 385 g/mol. The number of carbonyl (C=O) groups excluding carboxylic acids is 1. The second-order valence-corrected chi connectivity index (χ2v) is 8.29. The molecule has 5 N–H and O–H groups in total. The highest BCUT2D eigenvalue weighted by Gasteiger charge is 2.38. The Morgan fingerprint density at radius 2 is 1.97 bits per heavy atom. The van der Waals surface area contributed by atoms with Crippen LogP contribution in [0.2, 0.25) is 0 Å². The Hall–Kier alpha value is -2.10. The number of amides is 1. The number of benzene rings is 1. The Balaban J connectivity index is 1.44. The average Bonchev–Trinajstić information content (AvgIpc) is 3.15. The maximum Gasteiger partial charge on any atom is 0.547 e. The van der Waals surface area contributed by atoms with Crippen LogP contribution in [-0.2, 0) is 11.2 Å². The Morgan fingerprint density at radius 1 is 1.20 bits per heavy atom. The minimum absolute atomic E-state index is 0.0207. The van der Waals surface area contributed by atoms with Crippen molar-refractivity contribution in [2.75, 3.05) is 26.2 Å². The van der Waals surface area contributed by atoms with Gasteiger partial charge in [0.2, 0.25) is 5.91 Å². The minimum Gasteiger partial charge on any atom is -0.534 e. The minimum atomic E-state index is -1.26. The number of likely N-dealkylation sites (N-methyl/N-ethyl adjacent to an activating group) is 1. The van der Waals surface area contributed by atoms with E-state index in [2.05, 4.69) is 22.9 Å². The van der Waals surface area contributed by atoms with E-state index in [1.54, 1.807) is 12.1 Å². The third-order valence-electron chi connectivity index (χ3n) is 5.98. The van der Waals surface area contributed by atoms with E-state index in [0.29, 0.717) is 30.2 Å². The predicted molar refractivity (Wildman–Crippen MR) is 114 cm³/mol. The van der Waals surface area contributed by atoms with E-state index in [0.717, 1.165) is 45.4 Å². The fourth-order valence-electron chi connectivity index (χ4n) is 4.45. The van der Waals surface area contributed by atoms with Gasteiger partial charge in [-0.15, -0.1) is 0 Å². The lowest BCUT2D eigenvalue weighted by Gasteiger charge is -2.29. The van der Waals surface area contributed by atoms with E-state index in [4.69, 9.17) is 4.65 Å². The van der Waals surface area contributed by atoms with Crippen molar-refractivity contribution in [2.24, 2.45) is 11.8 Å². The van der Waals surface area contributed by atoms with Crippen molar-refractivity contribution in [3.8, 4) is 5.75 Å². The van der Waals surface area contributed by atoms with Gasteiger partial charge in [-0.1, -0.05) is 19.1 Å². The molecule has 164 valence electrons. The van der Waals surface area contributed by atoms with Crippen LogP contribution in [0.15, 0.2) is 18.2 Å². The SMILES string of the molecule is CCNCCNCC1CCC(CC(=O)N[C@H]2Cc3cccc(C(=O)O)c3OB2O)C1. The third kappa shape index (κ3) is 5.96. The van der Waals surface area contributed by atoms with Gasteiger partial charge in [0.25, 0.3) is 0 Å². The maximum absolute atomic E-state index is 12.5. The quantitative estimate of drug-likeness (QED) is 0.283. The molecule has 9 heteroatoms. The highest BCUT2D eigenvalue weighted by atomic mass is 16.5. The summed E-state index contributed by atoms with van der Waals surface area (Å²) in [6.45, 7) is 5.99. The van der Waals surface area contributed by atoms with Gasteiger partial charge in [-0.25, -0.2) is 4.79 Å². The highest BCUT2D eigenvalue weighted by Crippen LogP contribution is 2.33. The zero-order valence-corrected chi connectivity index (χ0v) is 17.5. The number of carboxylic acids is 1. The summed E-state index contributed by atoms with van der Waals surface area (Å²) in [6, 6.07) is 4.85. The summed E-state index contributed by atoms with van der Waals surface area (Å²) in [4.78, 5) is 23.9. The maximum atomic E-state index is 12.5. The molecule has 0 spiro atoms. The number of rotatable bonds is 10. The van der Waals surface area contributed by atoms with Crippen LogP contribution in [0.4, 0.5) is 0 Å². The molecule has 3 atom stereocenters. The Labute approximate surface area is 177 Å². The normalized spacial score (nSPS) is 23.0. The van der Waals surface area contributed by atoms with Gasteiger partial charge in [-0.2, -0.15) is 0 Å². The van der Waals surface area contributed by atoms with Crippen molar-refractivity contribution in [3.05, 3.63) is 29.3 Å². The van der Waals surface area contributed by atoms with Gasteiger partial charge >= 0.3 is 13.1 Å². The van der Waals surface area contributed by atoms with E-state index >= 15 is 0 Å². The number of para-hydroxylation sites is 1. The zero-order valence-electron chi connectivity index (χ0n) is 17.5. The number of hydrogen-bond acceptors (Lipinski definition) is 6. The molecule has 0 radical (unpaired) electrons. The van der Waals surface area contributed by atoms with E-state index in [-0.39, 0.29) is 17.2 Å². The number of nitrogens with one attached hydrogen (secondary N) is 3. The van der Waals surface area contributed by atoms with Crippen LogP contribution >= 0.6 is 0 Å². The van der Waals surface area contributed by atoms with Gasteiger partial charge in [0.05, 0.1) is 11.5 Å². The standard InChI is InChI=1S/C21H32BN3O5/c1-2-23-8-9-24-13-15-7-6-14(10-15)11-19(26)25-18-12-16-4-3-5-17(21(27)28)20(16)30-22(18)29/h3-5,14-15,18,23-24,29H,2,6-13H2,1H3,(H,25,26)(H,27,28)/t14?,15?,18-/m0/s1. The molecule has 1 aromatic rings. The first-order valence-electron chi connectivity index (χ1n) is 10.9. The molecule has 1 saturated carbocycles. The lowest BCUT2D eigenvalue weighted by atomic mass is 9.72. The first-order valence-corrected chi connectivity index (χ1v) is 10.9. The van der Waals surface area contributed by atoms with Crippen LogP contribution in [0.3, 0.4) is 0 Å². The molecule has 0 aromatic heterocycles. The molecule has 1 fully saturated rings. The van der Waals surface area contributed by atoms with E-state index in [9.17, 15) is 19.7 Å². The molecular formula is C21H32BN3O5. The number of carbonyl (C=O) groups is 2. The van der Waals surface area contributed by atoms with Crippen molar-refractivity contribution in [1.29, 1.82) is 0 Å². The Bertz CT molecular complexity index is 747. The monoisotopic (exact) mass is 417 g/mol. The summed E-state index contributed by atoms with van der Waals surface area (Å²) in [5.41, 5.74) is 0.697. The van der Waals surface area contributed by atoms with Crippen LogP contribution in [0.5, 0.6) is 5.75 Å². The molecule has 2 unspecified atom stereocenters. The highest BCUT2D eigenvalue weighted by molar-refractivity contribution is 6.47. The van der Waals surface area contributed by atoms with Gasteiger partial charge in [0.1, 0.15) is 5.75 Å². The van der Waals surface area contributed by atoms with Gasteiger partial charge in [-0.3, -0.25) is 4.79 Å². The summed E-state index contributed by atoms with van der Waals surface area (Å²) < 4.78 is 5.44. The van der Waals surface area contributed by atoms with E-state index in [1.165, 1.54) is 6.07 Å². The molecule has 3 rings (SSSR count). The Morgan fingerprint density at radius 3 is 2.73 bits per heavy atom. The number of hydrogen-bond donors (Lipinski definition) is 5. The average molecular weight is 417 g/mol. The van der Waals surface area contributed by atoms with E-state index < -0.39 is 19.0 Å². The molecule has 1 aliphatic carbocycles. The van der Waals surface area contributed by atoms with Gasteiger partial charge < -0.3 is 30.7 Å². The summed E-state index contributed by atoms with van der Waals surface area (Å²) in [6.07, 6.45) is 4.00. The van der Waals surface area contributed by atoms with E-state index in [1.807, 2.05) is 0 Å². The molecule has 8 nitrogen and oxygen atoms in total. The molecule has 1 amide bonds. The number of carboxylic acid groups (broad SMARTS) is 1. The predicted octanol–water partition coefficient (Wildman–Crippen LogP) is 0.830. The van der Waals surface area contributed by atoms with Crippen LogP contribution in [-0.4, -0.2) is 61.2 Å². The fraction of sp³-hybridized carbons (Fsp3) is 0.619. The van der Waals surface area contributed by atoms with Crippen molar-refractivity contribution in [2.45, 2.75) is 45.0 Å². The first-order chi connectivity index (χ1) is 14.5. The number of aromatic carboxylic acids is 1. The Kier molecular flexibility index (Phi) is 8.12. The van der Waals surface area contributed by atoms with Crippen molar-refractivity contribution >= 4 is 19.0 Å². The lowest BCUT2D eigenvalue weighted by molar-refractivity contribution is -0.122. The van der Waals surface area contributed by atoms with Gasteiger partial charge in [0.15, 0.2) is 0 Å². The summed E-state index contributed by atoms with van der Waals surface area (Å²) in [7, 11) is -1.26. The third-order valence-corrected chi connectivity index (χ3v) is 5.98. The van der Waals surface area contributed by atoms with Crippen LogP contribution in [0, 0.1) is 11.8 Å². The van der Waals surface area contributed by atoms with Crippen LogP contribution < -0.4 is 20.6 Å². The van der Waals surface area contributed by atoms with Crippen molar-refractivity contribution in [1.82, 2.24) is 16.0 Å². The van der Waals surface area contributed by atoms with Crippen LogP contribution in [0.25, 0.3) is 0 Å². The zero-order chi connectivity index (χ0) is 21.5. The molecule has 0 saturated heterocycles. The van der Waals surface area contributed by atoms with Crippen molar-refractivity contribution < 1.29 is 24.4 Å². The second kappa shape index (κ2) is 10.8. The molecule has 30 heavy (non-hydrogen) atoms. The fourth-order valence-corrected chi connectivity index (χ4v) is 4.45. The number of fused-ring (bicyclic) bond motifs is 1. The molecule has 0 bridgehead atoms. The van der Waals surface area contributed by atoms with Gasteiger partial charge in [0, 0.05) is 19.5 Å². The topological polar surface area (TPSA) is 120 Å². The smallest absolute Gasteiger partial charge is 0.534 e. The lowest BCUT2D eigenvalue weighted by Crippen LogP contribution is -2.53. The molecule has 1 aromatic carbocycles. The molecule has 2 aliphatic rings. The summed E-state index contributed by atoms with van der Waals surface area (Å²) in [5.74, 6) is -0.630. The van der Waals surface area contributed by atoms with Crippen LogP contribution in [0.1, 0.15) is 48.5 Å².